The molecule has 0 aliphatic carbocycles. The molecule has 5 nitrogen and oxygen atoms in total. The fourth-order valence-corrected chi connectivity index (χ4v) is 2.90. The minimum absolute atomic E-state index is 0.179. The van der Waals surface area contributed by atoms with Gasteiger partial charge in [0.15, 0.2) is 6.61 Å². The quantitative estimate of drug-likeness (QED) is 0.542. The van der Waals surface area contributed by atoms with E-state index < -0.39 is 18.5 Å². The fraction of sp³-hybridized carbons (Fsp3) is 0.111. The van der Waals surface area contributed by atoms with Gasteiger partial charge in [-0.25, -0.2) is 4.79 Å². The average molecular weight is 415 g/mol. The van der Waals surface area contributed by atoms with Crippen LogP contribution in [0.3, 0.4) is 0 Å². The third-order valence-electron chi connectivity index (χ3n) is 3.15. The Labute approximate surface area is 165 Å². The first-order chi connectivity index (χ1) is 12.4. The van der Waals surface area contributed by atoms with Crippen LogP contribution in [0.1, 0.15) is 5.56 Å². The third kappa shape index (κ3) is 5.66. The molecule has 0 fully saturated rings. The van der Waals surface area contributed by atoms with Gasteiger partial charge in [0.2, 0.25) is 0 Å². The first kappa shape index (κ1) is 20.1. The number of nitrogens with one attached hydrogen (secondary N) is 1. The van der Waals surface area contributed by atoms with E-state index in [4.69, 9.17) is 44.3 Å². The zero-order valence-electron chi connectivity index (χ0n) is 13.6. The number of carbonyl (C=O) groups is 2. The number of rotatable bonds is 6. The summed E-state index contributed by atoms with van der Waals surface area (Å²) in [6.07, 6.45) is 2.74. The van der Waals surface area contributed by atoms with E-state index in [-0.39, 0.29) is 15.7 Å². The maximum absolute atomic E-state index is 11.9. The molecule has 0 atom stereocenters. The first-order valence-corrected chi connectivity index (χ1v) is 8.46. The predicted octanol–water partition coefficient (Wildman–Crippen LogP) is 4.85. The van der Waals surface area contributed by atoms with Gasteiger partial charge in [0.1, 0.15) is 5.75 Å². The Hall–Kier alpha value is -2.21. The molecule has 0 saturated heterocycles. The van der Waals surface area contributed by atoms with E-state index in [1.165, 1.54) is 31.4 Å². The molecule has 0 unspecified atom stereocenters. The number of ether oxygens (including phenoxy) is 2. The second kappa shape index (κ2) is 9.48. The maximum atomic E-state index is 11.9. The molecule has 0 aliphatic heterocycles. The number of anilines is 1. The van der Waals surface area contributed by atoms with Gasteiger partial charge in [0.05, 0.1) is 22.8 Å². The van der Waals surface area contributed by atoms with Gasteiger partial charge in [-0.3, -0.25) is 4.79 Å². The van der Waals surface area contributed by atoms with Crippen molar-refractivity contribution in [2.24, 2.45) is 0 Å². The number of carbonyl (C=O) groups excluding carboxylic acids is 2. The largest absolute Gasteiger partial charge is 0.496 e. The number of hydrogen-bond acceptors (Lipinski definition) is 4. The summed E-state index contributed by atoms with van der Waals surface area (Å²) in [7, 11) is 1.53. The van der Waals surface area contributed by atoms with Crippen LogP contribution >= 0.6 is 34.8 Å². The third-order valence-corrected chi connectivity index (χ3v) is 3.97. The molecule has 2 aromatic rings. The van der Waals surface area contributed by atoms with Crippen molar-refractivity contribution in [1.29, 1.82) is 0 Å². The van der Waals surface area contributed by atoms with Gasteiger partial charge in [-0.1, -0.05) is 53.0 Å². The SMILES string of the molecule is COc1ccccc1/C=C/C(=O)OCC(=O)Nc1c(Cl)cc(Cl)cc1Cl. The van der Waals surface area contributed by atoms with Crippen molar-refractivity contribution in [3.05, 3.63) is 63.1 Å². The van der Waals surface area contributed by atoms with Crippen LogP contribution in [0, 0.1) is 0 Å². The lowest BCUT2D eigenvalue weighted by molar-refractivity contribution is -0.142. The number of hydrogen-bond donors (Lipinski definition) is 1. The molecule has 0 aliphatic rings. The van der Waals surface area contributed by atoms with Crippen LogP contribution in [0.2, 0.25) is 15.1 Å². The van der Waals surface area contributed by atoms with Gasteiger partial charge >= 0.3 is 5.97 Å². The Balaban J connectivity index is 1.91. The topological polar surface area (TPSA) is 64.6 Å². The predicted molar refractivity (Wildman–Crippen MR) is 103 cm³/mol. The minimum atomic E-state index is -0.681. The number of halogens is 3. The summed E-state index contributed by atoms with van der Waals surface area (Å²) in [6, 6.07) is 10.0. The molecule has 0 heterocycles. The lowest BCUT2D eigenvalue weighted by Crippen LogP contribution is -2.20. The number of benzene rings is 2. The van der Waals surface area contributed by atoms with Gasteiger partial charge in [-0.05, 0) is 24.3 Å². The molecule has 0 bridgehead atoms. The molecule has 0 radical (unpaired) electrons. The van der Waals surface area contributed by atoms with Gasteiger partial charge < -0.3 is 14.8 Å². The fourth-order valence-electron chi connectivity index (χ4n) is 1.98. The normalized spacial score (nSPS) is 10.6. The van der Waals surface area contributed by atoms with Gasteiger partial charge in [0, 0.05) is 16.7 Å². The standard InChI is InChI=1S/C18H14Cl3NO4/c1-25-15-5-3-2-4-11(15)6-7-17(24)26-10-16(23)22-18-13(20)8-12(19)9-14(18)21/h2-9H,10H2,1H3,(H,22,23)/b7-6+. The smallest absolute Gasteiger partial charge is 0.331 e. The maximum Gasteiger partial charge on any atom is 0.331 e. The zero-order valence-corrected chi connectivity index (χ0v) is 15.9. The molecule has 2 aromatic carbocycles. The highest BCUT2D eigenvalue weighted by Gasteiger charge is 2.12. The zero-order chi connectivity index (χ0) is 19.1. The van der Waals surface area contributed by atoms with E-state index in [0.29, 0.717) is 16.3 Å². The van der Waals surface area contributed by atoms with E-state index in [0.717, 1.165) is 0 Å². The van der Waals surface area contributed by atoms with E-state index in [1.54, 1.807) is 18.2 Å². The van der Waals surface area contributed by atoms with Crippen LogP contribution < -0.4 is 10.1 Å². The van der Waals surface area contributed by atoms with Crippen LogP contribution in [-0.4, -0.2) is 25.6 Å². The van der Waals surface area contributed by atoms with Crippen molar-refractivity contribution in [1.82, 2.24) is 0 Å². The molecule has 0 aromatic heterocycles. The van der Waals surface area contributed by atoms with Crippen LogP contribution in [0.15, 0.2) is 42.5 Å². The summed E-state index contributed by atoms with van der Waals surface area (Å²) in [5.41, 5.74) is 0.902. The van der Waals surface area contributed by atoms with Crippen molar-refractivity contribution >= 4 is 58.4 Å². The van der Waals surface area contributed by atoms with E-state index in [9.17, 15) is 9.59 Å². The Bertz CT molecular complexity index is 829. The number of methoxy groups -OCH3 is 1. The van der Waals surface area contributed by atoms with E-state index in [2.05, 4.69) is 5.32 Å². The highest BCUT2D eigenvalue weighted by Crippen LogP contribution is 2.33. The van der Waals surface area contributed by atoms with Crippen molar-refractivity contribution in [2.45, 2.75) is 0 Å². The molecular weight excluding hydrogens is 401 g/mol. The Morgan fingerprint density at radius 3 is 2.42 bits per heavy atom. The molecule has 1 N–H and O–H groups in total. The van der Waals surface area contributed by atoms with Crippen molar-refractivity contribution in [3.63, 3.8) is 0 Å². The highest BCUT2D eigenvalue weighted by molar-refractivity contribution is 6.42. The van der Waals surface area contributed by atoms with Gasteiger partial charge in [-0.15, -0.1) is 0 Å². The van der Waals surface area contributed by atoms with Gasteiger partial charge in [0.25, 0.3) is 5.91 Å². The summed E-state index contributed by atoms with van der Waals surface area (Å²) in [5.74, 6) is -0.657. The summed E-state index contributed by atoms with van der Waals surface area (Å²) >= 11 is 17.7. The first-order valence-electron chi connectivity index (χ1n) is 7.33. The van der Waals surface area contributed by atoms with Crippen LogP contribution in [0.5, 0.6) is 5.75 Å². The molecule has 0 saturated carbocycles. The summed E-state index contributed by atoms with van der Waals surface area (Å²) in [5, 5.41) is 3.17. The summed E-state index contributed by atoms with van der Waals surface area (Å²) in [4.78, 5) is 23.7. The molecule has 0 spiro atoms. The Morgan fingerprint density at radius 2 is 1.77 bits per heavy atom. The van der Waals surface area contributed by atoms with Crippen molar-refractivity contribution in [3.8, 4) is 5.75 Å². The summed E-state index contributed by atoms with van der Waals surface area (Å²) < 4.78 is 10.1. The van der Waals surface area contributed by atoms with Crippen LogP contribution in [0.4, 0.5) is 5.69 Å². The molecular formula is C18H14Cl3NO4. The number of amides is 1. The lowest BCUT2D eigenvalue weighted by atomic mass is 10.2. The Kier molecular flexibility index (Phi) is 7.33. The van der Waals surface area contributed by atoms with Crippen LogP contribution in [-0.2, 0) is 14.3 Å². The second-order valence-corrected chi connectivity index (χ2v) is 6.23. The highest BCUT2D eigenvalue weighted by atomic mass is 35.5. The summed E-state index contributed by atoms with van der Waals surface area (Å²) in [6.45, 7) is -0.496. The molecule has 1 amide bonds. The molecule has 2 rings (SSSR count). The van der Waals surface area contributed by atoms with Gasteiger partial charge in [-0.2, -0.15) is 0 Å². The lowest BCUT2D eigenvalue weighted by Gasteiger charge is -2.09. The monoisotopic (exact) mass is 413 g/mol. The van der Waals surface area contributed by atoms with Crippen molar-refractivity contribution < 1.29 is 19.1 Å². The number of para-hydroxylation sites is 1. The molecule has 26 heavy (non-hydrogen) atoms. The molecule has 136 valence electrons. The van der Waals surface area contributed by atoms with E-state index in [1.807, 2.05) is 6.07 Å². The number of esters is 1. The minimum Gasteiger partial charge on any atom is -0.496 e. The molecule has 8 heteroatoms. The second-order valence-electron chi connectivity index (χ2n) is 4.98. The van der Waals surface area contributed by atoms with Crippen LogP contribution in [0.25, 0.3) is 6.08 Å². The van der Waals surface area contributed by atoms with E-state index >= 15 is 0 Å². The van der Waals surface area contributed by atoms with Crippen molar-refractivity contribution in [2.75, 3.05) is 19.0 Å². The average Bonchev–Trinajstić information content (AvgIpc) is 2.61. The Morgan fingerprint density at radius 1 is 1.12 bits per heavy atom.